The molecule has 2 N–H and O–H groups in total. The fourth-order valence-electron chi connectivity index (χ4n) is 4.63. The number of aliphatic hydroxyl groups is 1. The molecule has 0 bridgehead atoms. The van der Waals surface area contributed by atoms with Crippen LogP contribution in [-0.4, -0.2) is 48.7 Å². The van der Waals surface area contributed by atoms with E-state index in [0.29, 0.717) is 0 Å². The van der Waals surface area contributed by atoms with Crippen LogP contribution < -0.4 is 0 Å². The molecule has 1 fully saturated rings. The molecule has 1 aliphatic rings. The first kappa shape index (κ1) is 19.3. The number of aromatic nitrogens is 4. The van der Waals surface area contributed by atoms with Crippen LogP contribution in [0.3, 0.4) is 0 Å². The maximum atomic E-state index is 9.71. The lowest BCUT2D eigenvalue weighted by Crippen LogP contribution is -2.35. The van der Waals surface area contributed by atoms with Crippen LogP contribution in [0.5, 0.6) is 0 Å². The van der Waals surface area contributed by atoms with Crippen LogP contribution in [0.25, 0.3) is 22.1 Å². The molecule has 0 spiro atoms. The summed E-state index contributed by atoms with van der Waals surface area (Å²) < 4.78 is 2.21. The number of pyridine rings is 1. The van der Waals surface area contributed by atoms with E-state index in [1.165, 1.54) is 27.7 Å². The van der Waals surface area contributed by atoms with Gasteiger partial charge in [-0.2, -0.15) is 0 Å². The summed E-state index contributed by atoms with van der Waals surface area (Å²) in [5.41, 5.74) is 7.81. The number of hydrogen-bond donors (Lipinski definition) is 2. The number of nitrogens with one attached hydrogen (secondary N) is 1. The molecule has 5 rings (SSSR count). The van der Waals surface area contributed by atoms with Gasteiger partial charge in [0, 0.05) is 41.9 Å². The Morgan fingerprint density at radius 3 is 2.63 bits per heavy atom. The summed E-state index contributed by atoms with van der Waals surface area (Å²) in [6, 6.07) is 11.0. The lowest BCUT2D eigenvalue weighted by atomic mass is 10.1. The van der Waals surface area contributed by atoms with Crippen molar-refractivity contribution in [3.05, 3.63) is 58.7 Å². The highest BCUT2D eigenvalue weighted by atomic mass is 16.3. The van der Waals surface area contributed by atoms with Gasteiger partial charge in [-0.15, -0.1) is 0 Å². The summed E-state index contributed by atoms with van der Waals surface area (Å²) >= 11 is 0. The number of imidazole rings is 1. The van der Waals surface area contributed by atoms with Crippen LogP contribution >= 0.6 is 0 Å². The SMILES string of the molecule is Cc1cc(C)c2nc(C)n(Cc3ccc4[nH]c(CN5CCC(O)CC5)cc4c3)c2n1. The van der Waals surface area contributed by atoms with Gasteiger partial charge >= 0.3 is 0 Å². The smallest absolute Gasteiger partial charge is 0.160 e. The largest absolute Gasteiger partial charge is 0.393 e. The zero-order chi connectivity index (χ0) is 20.8. The number of piperidine rings is 1. The van der Waals surface area contributed by atoms with Crippen LogP contribution in [0.1, 0.15) is 41.2 Å². The minimum Gasteiger partial charge on any atom is -0.393 e. The second-order valence-corrected chi connectivity index (χ2v) is 8.72. The summed E-state index contributed by atoms with van der Waals surface area (Å²) in [6.07, 6.45) is 1.61. The summed E-state index contributed by atoms with van der Waals surface area (Å²) in [7, 11) is 0. The van der Waals surface area contributed by atoms with Gasteiger partial charge in [-0.05, 0) is 69.0 Å². The van der Waals surface area contributed by atoms with Crippen molar-refractivity contribution < 1.29 is 5.11 Å². The number of benzene rings is 1. The number of H-pyrrole nitrogens is 1. The Morgan fingerprint density at radius 2 is 1.83 bits per heavy atom. The van der Waals surface area contributed by atoms with Crippen LogP contribution in [0.4, 0.5) is 0 Å². The Kier molecular flexibility index (Phi) is 4.83. The monoisotopic (exact) mass is 403 g/mol. The quantitative estimate of drug-likeness (QED) is 0.543. The van der Waals surface area contributed by atoms with Gasteiger partial charge in [0.2, 0.25) is 0 Å². The van der Waals surface area contributed by atoms with E-state index in [9.17, 15) is 5.11 Å². The van der Waals surface area contributed by atoms with E-state index in [0.717, 1.165) is 61.7 Å². The Labute approximate surface area is 176 Å². The van der Waals surface area contributed by atoms with Crippen molar-refractivity contribution in [3.8, 4) is 0 Å². The van der Waals surface area contributed by atoms with Crippen molar-refractivity contribution in [1.82, 2.24) is 24.4 Å². The number of aryl methyl sites for hydroxylation is 3. The molecule has 0 amide bonds. The summed E-state index contributed by atoms with van der Waals surface area (Å²) in [4.78, 5) is 15.5. The van der Waals surface area contributed by atoms with Crippen LogP contribution in [0, 0.1) is 20.8 Å². The average molecular weight is 404 g/mol. The fraction of sp³-hybridized carbons (Fsp3) is 0.417. The van der Waals surface area contributed by atoms with Crippen LogP contribution in [0.2, 0.25) is 0 Å². The maximum Gasteiger partial charge on any atom is 0.160 e. The standard InChI is InChI=1S/C24H29N5O/c1-15-10-16(2)25-24-23(15)26-17(3)29(24)13-18-4-5-22-19(11-18)12-20(27-22)14-28-8-6-21(30)7-9-28/h4-5,10-12,21,27,30H,6-9,13-14H2,1-3H3. The Bertz CT molecular complexity index is 1210. The minimum atomic E-state index is -0.128. The highest BCUT2D eigenvalue weighted by Gasteiger charge is 2.18. The number of likely N-dealkylation sites (tertiary alicyclic amines) is 1. The van der Waals surface area contributed by atoms with E-state index < -0.39 is 0 Å². The van der Waals surface area contributed by atoms with Gasteiger partial charge in [-0.3, -0.25) is 4.90 Å². The first-order valence-electron chi connectivity index (χ1n) is 10.8. The normalized spacial score (nSPS) is 16.1. The lowest BCUT2D eigenvalue weighted by Gasteiger charge is -2.28. The van der Waals surface area contributed by atoms with E-state index in [1.54, 1.807) is 0 Å². The molecule has 0 unspecified atom stereocenters. The summed E-state index contributed by atoms with van der Waals surface area (Å²) in [5.74, 6) is 0.994. The van der Waals surface area contributed by atoms with Crippen molar-refractivity contribution in [2.24, 2.45) is 0 Å². The Hall–Kier alpha value is -2.70. The Balaban J connectivity index is 1.41. The van der Waals surface area contributed by atoms with Gasteiger partial charge in [0.1, 0.15) is 11.3 Å². The van der Waals surface area contributed by atoms with E-state index in [4.69, 9.17) is 9.97 Å². The fourth-order valence-corrected chi connectivity index (χ4v) is 4.63. The number of aromatic amines is 1. The number of nitrogens with zero attached hydrogens (tertiary/aromatic N) is 4. The van der Waals surface area contributed by atoms with Gasteiger partial charge in [-0.1, -0.05) is 6.07 Å². The molecular weight excluding hydrogens is 374 g/mol. The molecule has 30 heavy (non-hydrogen) atoms. The molecule has 4 aromatic rings. The molecule has 3 aromatic heterocycles. The molecular formula is C24H29N5O. The highest BCUT2D eigenvalue weighted by Crippen LogP contribution is 2.23. The molecule has 6 heteroatoms. The lowest BCUT2D eigenvalue weighted by molar-refractivity contribution is 0.0788. The average Bonchev–Trinajstić information content (AvgIpc) is 3.24. The van der Waals surface area contributed by atoms with Crippen molar-refractivity contribution in [2.45, 2.75) is 52.8 Å². The van der Waals surface area contributed by atoms with Crippen LogP contribution in [0.15, 0.2) is 30.3 Å². The number of rotatable bonds is 4. The zero-order valence-electron chi connectivity index (χ0n) is 17.9. The highest BCUT2D eigenvalue weighted by molar-refractivity contribution is 5.81. The predicted octanol–water partition coefficient (Wildman–Crippen LogP) is 3.84. The van der Waals surface area contributed by atoms with E-state index in [-0.39, 0.29) is 6.10 Å². The second-order valence-electron chi connectivity index (χ2n) is 8.72. The van der Waals surface area contributed by atoms with E-state index >= 15 is 0 Å². The second kappa shape index (κ2) is 7.52. The van der Waals surface area contributed by atoms with Crippen molar-refractivity contribution in [1.29, 1.82) is 0 Å². The Morgan fingerprint density at radius 1 is 1.03 bits per heavy atom. The minimum absolute atomic E-state index is 0.128. The van der Waals surface area contributed by atoms with Crippen molar-refractivity contribution in [2.75, 3.05) is 13.1 Å². The third-order valence-corrected chi connectivity index (χ3v) is 6.25. The van der Waals surface area contributed by atoms with Crippen molar-refractivity contribution >= 4 is 22.1 Å². The summed E-state index contributed by atoms with van der Waals surface area (Å²) in [6.45, 7) is 9.78. The maximum absolute atomic E-state index is 9.71. The van der Waals surface area contributed by atoms with E-state index in [1.807, 2.05) is 6.92 Å². The first-order valence-corrected chi connectivity index (χ1v) is 10.8. The molecule has 1 aromatic carbocycles. The first-order chi connectivity index (χ1) is 14.5. The third-order valence-electron chi connectivity index (χ3n) is 6.25. The molecule has 0 radical (unpaired) electrons. The number of fused-ring (bicyclic) bond motifs is 2. The number of aliphatic hydroxyl groups excluding tert-OH is 1. The van der Waals surface area contributed by atoms with Gasteiger partial charge in [0.05, 0.1) is 12.6 Å². The molecule has 1 saturated heterocycles. The predicted molar refractivity (Wildman–Crippen MR) is 120 cm³/mol. The zero-order valence-corrected chi connectivity index (χ0v) is 17.9. The topological polar surface area (TPSA) is 70.0 Å². The molecule has 156 valence electrons. The molecule has 0 aliphatic carbocycles. The number of hydrogen-bond acceptors (Lipinski definition) is 4. The summed E-state index contributed by atoms with van der Waals surface area (Å²) in [5, 5.41) is 11.0. The molecule has 0 atom stereocenters. The van der Waals surface area contributed by atoms with Crippen molar-refractivity contribution in [3.63, 3.8) is 0 Å². The van der Waals surface area contributed by atoms with E-state index in [2.05, 4.69) is 58.6 Å². The van der Waals surface area contributed by atoms with Gasteiger partial charge in [0.15, 0.2) is 5.65 Å². The molecule has 4 heterocycles. The molecule has 1 aliphatic heterocycles. The van der Waals surface area contributed by atoms with Gasteiger partial charge in [-0.25, -0.2) is 9.97 Å². The van der Waals surface area contributed by atoms with Crippen LogP contribution in [-0.2, 0) is 13.1 Å². The molecule has 6 nitrogen and oxygen atoms in total. The third kappa shape index (κ3) is 3.61. The molecule has 0 saturated carbocycles. The van der Waals surface area contributed by atoms with Gasteiger partial charge in [0.25, 0.3) is 0 Å². The van der Waals surface area contributed by atoms with Gasteiger partial charge < -0.3 is 14.7 Å².